The number of carboxylic acid groups (broad SMARTS) is 1. The Morgan fingerprint density at radius 3 is 2.61 bits per heavy atom. The molecule has 1 aliphatic carbocycles. The lowest BCUT2D eigenvalue weighted by Gasteiger charge is -2.43. The molecule has 4 atom stereocenters. The summed E-state index contributed by atoms with van der Waals surface area (Å²) in [6.07, 6.45) is 6.85. The smallest absolute Gasteiger partial charge is 0.308 e. The van der Waals surface area contributed by atoms with Gasteiger partial charge >= 0.3 is 5.97 Å². The largest absolute Gasteiger partial charge is 0.481 e. The summed E-state index contributed by atoms with van der Waals surface area (Å²) in [5, 5.41) is 9.08. The molecule has 0 aromatic heterocycles. The summed E-state index contributed by atoms with van der Waals surface area (Å²) in [6.45, 7) is 12.7. The summed E-state index contributed by atoms with van der Waals surface area (Å²) in [7, 11) is 0. The number of rotatable bonds is 5. The summed E-state index contributed by atoms with van der Waals surface area (Å²) >= 11 is 0. The van der Waals surface area contributed by atoms with Gasteiger partial charge < -0.3 is 5.11 Å². The van der Waals surface area contributed by atoms with Crippen molar-refractivity contribution in [2.75, 3.05) is 0 Å². The molecule has 1 saturated heterocycles. The molecule has 1 N–H and O–H groups in total. The summed E-state index contributed by atoms with van der Waals surface area (Å²) in [5.41, 5.74) is 1.36. The Morgan fingerprint density at radius 2 is 2.09 bits per heavy atom. The highest BCUT2D eigenvalue weighted by atomic mass is 17.2. The normalized spacial score (nSPS) is 35.7. The zero-order chi connectivity index (χ0) is 17.3. The molecular weight excluding hydrogens is 292 g/mol. The van der Waals surface area contributed by atoms with Crippen molar-refractivity contribution < 1.29 is 19.7 Å². The molecule has 1 saturated carbocycles. The van der Waals surface area contributed by atoms with Crippen molar-refractivity contribution in [1.29, 1.82) is 0 Å². The highest BCUT2D eigenvalue weighted by Gasteiger charge is 2.40. The molecule has 4 nitrogen and oxygen atoms in total. The van der Waals surface area contributed by atoms with Gasteiger partial charge in [0, 0.05) is 0 Å². The molecule has 1 aliphatic heterocycles. The maximum atomic E-state index is 11.1. The predicted molar refractivity (Wildman–Crippen MR) is 89.9 cm³/mol. The van der Waals surface area contributed by atoms with Crippen molar-refractivity contribution in [3.63, 3.8) is 0 Å². The average Bonchev–Trinajstić information content (AvgIpc) is 2.46. The first-order valence-electron chi connectivity index (χ1n) is 8.90. The number of aliphatic carboxylic acids is 1. The zero-order valence-electron chi connectivity index (χ0n) is 15.1. The minimum absolute atomic E-state index is 0.307. The number of carbonyl (C=O) groups is 1. The molecular formula is C19H32O4. The van der Waals surface area contributed by atoms with Gasteiger partial charge in [0.15, 0.2) is 0 Å². The second kappa shape index (κ2) is 6.94. The lowest BCUT2D eigenvalue weighted by atomic mass is 9.64. The fourth-order valence-corrected chi connectivity index (χ4v) is 4.09. The Balaban J connectivity index is 1.88. The van der Waals surface area contributed by atoms with E-state index in [1.165, 1.54) is 18.4 Å². The minimum Gasteiger partial charge on any atom is -0.481 e. The highest BCUT2D eigenvalue weighted by Crippen LogP contribution is 2.47. The van der Waals surface area contributed by atoms with Crippen LogP contribution in [0.4, 0.5) is 0 Å². The van der Waals surface area contributed by atoms with Crippen LogP contribution in [0.15, 0.2) is 12.2 Å². The summed E-state index contributed by atoms with van der Waals surface area (Å²) < 4.78 is 0. The van der Waals surface area contributed by atoms with Crippen LogP contribution < -0.4 is 0 Å². The van der Waals surface area contributed by atoms with Gasteiger partial charge in [0.25, 0.3) is 0 Å². The van der Waals surface area contributed by atoms with Crippen LogP contribution in [0.25, 0.3) is 0 Å². The fraction of sp³-hybridized carbons (Fsp3) is 0.842. The van der Waals surface area contributed by atoms with Gasteiger partial charge in [-0.1, -0.05) is 26.0 Å². The van der Waals surface area contributed by atoms with Crippen LogP contribution in [0.5, 0.6) is 0 Å². The zero-order valence-corrected chi connectivity index (χ0v) is 15.1. The van der Waals surface area contributed by atoms with Crippen LogP contribution in [0.1, 0.15) is 72.6 Å². The predicted octanol–water partition coefficient (Wildman–Crippen LogP) is 4.74. The monoisotopic (exact) mass is 324 g/mol. The van der Waals surface area contributed by atoms with E-state index >= 15 is 0 Å². The van der Waals surface area contributed by atoms with Crippen LogP contribution in [0, 0.1) is 17.3 Å². The Kier molecular flexibility index (Phi) is 5.57. The van der Waals surface area contributed by atoms with E-state index in [4.69, 9.17) is 14.9 Å². The van der Waals surface area contributed by atoms with Crippen molar-refractivity contribution in [3.05, 3.63) is 12.2 Å². The molecule has 0 amide bonds. The van der Waals surface area contributed by atoms with E-state index in [0.717, 1.165) is 32.1 Å². The van der Waals surface area contributed by atoms with Gasteiger partial charge in [0.2, 0.25) is 0 Å². The van der Waals surface area contributed by atoms with Crippen molar-refractivity contribution >= 4 is 5.97 Å². The van der Waals surface area contributed by atoms with Crippen LogP contribution in [0.2, 0.25) is 0 Å². The standard InChI is InChI=1S/C19H32O4/c1-13-7-6-10-18(3,4)15(13)8-11-19(5)12-9-16(22-23-19)14(2)17(20)21/h14-16H,1,6-12H2,2-5H3,(H,20,21)/t14-,15+,16-,19-/m1/s1. The van der Waals surface area contributed by atoms with Gasteiger partial charge in [-0.3, -0.25) is 4.79 Å². The molecule has 2 aliphatic rings. The van der Waals surface area contributed by atoms with E-state index in [0.29, 0.717) is 11.3 Å². The first-order chi connectivity index (χ1) is 10.6. The lowest BCUT2D eigenvalue weighted by Crippen LogP contribution is -2.42. The number of hydrogen-bond donors (Lipinski definition) is 1. The molecule has 0 aromatic carbocycles. The van der Waals surface area contributed by atoms with Gasteiger partial charge in [0.05, 0.1) is 5.92 Å². The van der Waals surface area contributed by atoms with E-state index < -0.39 is 11.9 Å². The Bertz CT molecular complexity index is 446. The highest BCUT2D eigenvalue weighted by molar-refractivity contribution is 5.70. The van der Waals surface area contributed by atoms with Crippen LogP contribution in [-0.4, -0.2) is 22.8 Å². The van der Waals surface area contributed by atoms with Gasteiger partial charge in [-0.15, -0.1) is 0 Å². The topological polar surface area (TPSA) is 55.8 Å². The van der Waals surface area contributed by atoms with Crippen LogP contribution in [-0.2, 0) is 14.6 Å². The minimum atomic E-state index is -0.831. The summed E-state index contributed by atoms with van der Waals surface area (Å²) in [6, 6.07) is 0. The third kappa shape index (κ3) is 4.36. The van der Waals surface area contributed by atoms with E-state index in [2.05, 4.69) is 27.4 Å². The van der Waals surface area contributed by atoms with Gasteiger partial charge in [0.1, 0.15) is 11.7 Å². The van der Waals surface area contributed by atoms with Crippen molar-refractivity contribution in [1.82, 2.24) is 0 Å². The number of allylic oxidation sites excluding steroid dienone is 1. The molecule has 2 rings (SSSR count). The second-order valence-corrected chi connectivity index (χ2v) is 8.43. The third-order valence-electron chi connectivity index (χ3n) is 5.99. The molecule has 0 spiro atoms. The Morgan fingerprint density at radius 1 is 1.39 bits per heavy atom. The first-order valence-corrected chi connectivity index (χ1v) is 8.90. The lowest BCUT2D eigenvalue weighted by molar-refractivity contribution is -0.411. The van der Waals surface area contributed by atoms with Crippen LogP contribution >= 0.6 is 0 Å². The fourth-order valence-electron chi connectivity index (χ4n) is 4.09. The van der Waals surface area contributed by atoms with E-state index in [1.807, 2.05) is 0 Å². The molecule has 0 unspecified atom stereocenters. The number of carboxylic acids is 1. The average molecular weight is 324 g/mol. The maximum Gasteiger partial charge on any atom is 0.308 e. The quantitative estimate of drug-likeness (QED) is 0.586. The van der Waals surface area contributed by atoms with Gasteiger partial charge in [-0.05, 0) is 70.1 Å². The summed E-state index contributed by atoms with van der Waals surface area (Å²) in [5.74, 6) is -0.827. The van der Waals surface area contributed by atoms with E-state index in [-0.39, 0.29) is 11.7 Å². The molecule has 2 fully saturated rings. The SMILES string of the molecule is C=C1CCCC(C)(C)[C@H]1CC[C@]1(C)CC[C@H]([C@@H](C)C(=O)O)OO1. The summed E-state index contributed by atoms with van der Waals surface area (Å²) in [4.78, 5) is 22.1. The van der Waals surface area contributed by atoms with Crippen molar-refractivity contribution in [2.45, 2.75) is 84.3 Å². The third-order valence-corrected chi connectivity index (χ3v) is 5.99. The van der Waals surface area contributed by atoms with Gasteiger partial charge in [-0.25, -0.2) is 9.78 Å². The Hall–Kier alpha value is -0.870. The molecule has 0 bridgehead atoms. The molecule has 0 radical (unpaired) electrons. The number of hydrogen-bond acceptors (Lipinski definition) is 3. The molecule has 0 aromatic rings. The van der Waals surface area contributed by atoms with E-state index in [1.54, 1.807) is 6.92 Å². The first kappa shape index (κ1) is 18.5. The molecule has 4 heteroatoms. The van der Waals surface area contributed by atoms with Crippen molar-refractivity contribution in [2.24, 2.45) is 17.3 Å². The van der Waals surface area contributed by atoms with Crippen molar-refractivity contribution in [3.8, 4) is 0 Å². The Labute approximate surface area is 140 Å². The molecule has 132 valence electrons. The molecule has 1 heterocycles. The van der Waals surface area contributed by atoms with Crippen LogP contribution in [0.3, 0.4) is 0 Å². The molecule has 23 heavy (non-hydrogen) atoms. The maximum absolute atomic E-state index is 11.1. The second-order valence-electron chi connectivity index (χ2n) is 8.43. The van der Waals surface area contributed by atoms with E-state index in [9.17, 15) is 4.79 Å². The van der Waals surface area contributed by atoms with Gasteiger partial charge in [-0.2, -0.15) is 0 Å².